The lowest BCUT2D eigenvalue weighted by molar-refractivity contribution is 0.449. The van der Waals surface area contributed by atoms with Crippen molar-refractivity contribution in [3.8, 4) is 0 Å². The summed E-state index contributed by atoms with van der Waals surface area (Å²) in [5.41, 5.74) is 0.532. The van der Waals surface area contributed by atoms with Gasteiger partial charge in [0, 0.05) is 16.3 Å². The maximum atomic E-state index is 3.50. The average Bonchev–Trinajstić information content (AvgIpc) is 2.44. The second kappa shape index (κ2) is 2.22. The molecular formula is C6H11BrS. The Balaban J connectivity index is 2.37. The van der Waals surface area contributed by atoms with E-state index >= 15 is 0 Å². The number of hydrogen-bond donors (Lipinski definition) is 0. The van der Waals surface area contributed by atoms with E-state index < -0.39 is 0 Å². The van der Waals surface area contributed by atoms with Crippen molar-refractivity contribution in [2.45, 2.75) is 19.1 Å². The number of hydrogen-bond acceptors (Lipinski definition) is 1. The zero-order valence-corrected chi connectivity index (χ0v) is 7.68. The van der Waals surface area contributed by atoms with Crippen molar-refractivity contribution in [3.63, 3.8) is 0 Å². The molecule has 2 heteroatoms. The predicted molar refractivity (Wildman–Crippen MR) is 43.8 cm³/mol. The third-order valence-corrected chi connectivity index (χ3v) is 4.30. The van der Waals surface area contributed by atoms with Crippen LogP contribution in [0.2, 0.25) is 0 Å². The molecule has 0 radical (unpaired) electrons. The van der Waals surface area contributed by atoms with E-state index in [4.69, 9.17) is 0 Å². The molecule has 0 aliphatic carbocycles. The van der Waals surface area contributed by atoms with Gasteiger partial charge in [-0.05, 0) is 5.41 Å². The van der Waals surface area contributed by atoms with Gasteiger partial charge < -0.3 is 0 Å². The smallest absolute Gasteiger partial charge is 0.0197 e. The Hall–Kier alpha value is 0.830. The van der Waals surface area contributed by atoms with Crippen LogP contribution in [-0.2, 0) is 0 Å². The van der Waals surface area contributed by atoms with Gasteiger partial charge in [-0.3, -0.25) is 0 Å². The molecule has 1 heterocycles. The fraction of sp³-hybridized carbons (Fsp3) is 1.00. The normalized spacial score (nSPS) is 28.1. The minimum atomic E-state index is 0.532. The topological polar surface area (TPSA) is 0 Å². The Kier molecular flexibility index (Phi) is 1.93. The Morgan fingerprint density at radius 2 is 2.25 bits per heavy atom. The van der Waals surface area contributed by atoms with Gasteiger partial charge in [0.15, 0.2) is 0 Å². The Labute approximate surface area is 63.5 Å². The van der Waals surface area contributed by atoms with Crippen LogP contribution in [0.25, 0.3) is 0 Å². The van der Waals surface area contributed by atoms with E-state index in [9.17, 15) is 0 Å². The lowest BCUT2D eigenvalue weighted by Crippen LogP contribution is -2.19. The first kappa shape index (κ1) is 6.94. The molecular weight excluding hydrogens is 184 g/mol. The maximum absolute atomic E-state index is 3.50. The van der Waals surface area contributed by atoms with Crippen LogP contribution in [0.3, 0.4) is 0 Å². The summed E-state index contributed by atoms with van der Waals surface area (Å²) in [7, 11) is 0. The standard InChI is InChI=1S/C6H11BrS/c1-6(2,4-7)5-3-8-5/h5H,3-4H2,1-2H3. The molecule has 0 amide bonds. The first-order valence-corrected chi connectivity index (χ1v) is 5.01. The largest absolute Gasteiger partial charge is 0.156 e. The lowest BCUT2D eigenvalue weighted by atomic mass is 9.93. The third-order valence-electron chi connectivity index (χ3n) is 1.55. The number of rotatable bonds is 2. The molecule has 1 atom stereocenters. The molecule has 0 aromatic heterocycles. The second-order valence-corrected chi connectivity index (χ2v) is 4.74. The van der Waals surface area contributed by atoms with E-state index in [-0.39, 0.29) is 0 Å². The summed E-state index contributed by atoms with van der Waals surface area (Å²) in [4.78, 5) is 0. The average molecular weight is 195 g/mol. The van der Waals surface area contributed by atoms with Gasteiger partial charge in [0.25, 0.3) is 0 Å². The molecule has 0 N–H and O–H groups in total. The Morgan fingerprint density at radius 3 is 2.38 bits per heavy atom. The van der Waals surface area contributed by atoms with Gasteiger partial charge in [0.05, 0.1) is 0 Å². The summed E-state index contributed by atoms with van der Waals surface area (Å²) in [6.07, 6.45) is 0. The van der Waals surface area contributed by atoms with Crippen molar-refractivity contribution in [2.24, 2.45) is 5.41 Å². The number of thioether (sulfide) groups is 1. The first-order valence-electron chi connectivity index (χ1n) is 2.84. The van der Waals surface area contributed by atoms with E-state index in [2.05, 4.69) is 41.5 Å². The van der Waals surface area contributed by atoms with Crippen LogP contribution in [0, 0.1) is 5.41 Å². The summed E-state index contributed by atoms with van der Waals surface area (Å²) < 4.78 is 0. The minimum Gasteiger partial charge on any atom is -0.156 e. The molecule has 0 spiro atoms. The monoisotopic (exact) mass is 194 g/mol. The highest BCUT2D eigenvalue weighted by atomic mass is 79.9. The molecule has 1 aliphatic rings. The second-order valence-electron chi connectivity index (χ2n) is 2.94. The highest BCUT2D eigenvalue weighted by Crippen LogP contribution is 2.45. The molecule has 0 aromatic rings. The summed E-state index contributed by atoms with van der Waals surface area (Å²) in [5.74, 6) is 1.37. The Morgan fingerprint density at radius 1 is 1.75 bits per heavy atom. The number of alkyl halides is 1. The van der Waals surface area contributed by atoms with E-state index in [1.807, 2.05) is 0 Å². The summed E-state index contributed by atoms with van der Waals surface area (Å²) in [6, 6.07) is 0. The molecule has 1 fully saturated rings. The summed E-state index contributed by atoms with van der Waals surface area (Å²) >= 11 is 5.57. The molecule has 1 aliphatic heterocycles. The Bertz CT molecular complexity index is 86.5. The quantitative estimate of drug-likeness (QED) is 0.482. The molecule has 0 bridgehead atoms. The van der Waals surface area contributed by atoms with E-state index in [0.717, 1.165) is 10.6 Å². The van der Waals surface area contributed by atoms with Crippen molar-refractivity contribution in [2.75, 3.05) is 11.1 Å². The van der Waals surface area contributed by atoms with Crippen molar-refractivity contribution in [1.29, 1.82) is 0 Å². The zero-order valence-electron chi connectivity index (χ0n) is 5.28. The summed E-state index contributed by atoms with van der Waals surface area (Å²) in [6.45, 7) is 4.62. The van der Waals surface area contributed by atoms with Gasteiger partial charge in [-0.15, -0.1) is 0 Å². The number of halogens is 1. The molecule has 0 aromatic carbocycles. The maximum Gasteiger partial charge on any atom is 0.0197 e. The predicted octanol–water partition coefficient (Wildman–Crippen LogP) is 2.52. The molecule has 8 heavy (non-hydrogen) atoms. The highest BCUT2D eigenvalue weighted by molar-refractivity contribution is 9.09. The SMILES string of the molecule is CC(C)(CBr)C1CS1. The van der Waals surface area contributed by atoms with Crippen LogP contribution in [-0.4, -0.2) is 16.3 Å². The van der Waals surface area contributed by atoms with Crippen LogP contribution in [0.15, 0.2) is 0 Å². The zero-order chi connectivity index (χ0) is 6.20. The first-order chi connectivity index (χ1) is 3.67. The van der Waals surface area contributed by atoms with Gasteiger partial charge in [0.2, 0.25) is 0 Å². The van der Waals surface area contributed by atoms with Gasteiger partial charge in [-0.1, -0.05) is 29.8 Å². The van der Waals surface area contributed by atoms with E-state index in [0.29, 0.717) is 5.41 Å². The molecule has 0 saturated carbocycles. The van der Waals surface area contributed by atoms with Crippen LogP contribution in [0.1, 0.15) is 13.8 Å². The molecule has 1 saturated heterocycles. The minimum absolute atomic E-state index is 0.532. The molecule has 48 valence electrons. The fourth-order valence-corrected chi connectivity index (χ4v) is 2.27. The van der Waals surface area contributed by atoms with E-state index in [1.54, 1.807) is 0 Å². The van der Waals surface area contributed by atoms with Crippen LogP contribution in [0.5, 0.6) is 0 Å². The lowest BCUT2D eigenvalue weighted by Gasteiger charge is -2.18. The van der Waals surface area contributed by atoms with Crippen molar-refractivity contribution in [1.82, 2.24) is 0 Å². The molecule has 0 nitrogen and oxygen atoms in total. The van der Waals surface area contributed by atoms with Gasteiger partial charge in [-0.2, -0.15) is 11.8 Å². The van der Waals surface area contributed by atoms with Crippen LogP contribution >= 0.6 is 27.7 Å². The summed E-state index contributed by atoms with van der Waals surface area (Å²) in [5, 5.41) is 2.07. The van der Waals surface area contributed by atoms with Crippen LogP contribution < -0.4 is 0 Å². The highest BCUT2D eigenvalue weighted by Gasteiger charge is 2.37. The van der Waals surface area contributed by atoms with Gasteiger partial charge >= 0.3 is 0 Å². The van der Waals surface area contributed by atoms with Gasteiger partial charge in [0.1, 0.15) is 0 Å². The van der Waals surface area contributed by atoms with Crippen molar-refractivity contribution in [3.05, 3.63) is 0 Å². The fourth-order valence-electron chi connectivity index (χ4n) is 0.585. The van der Waals surface area contributed by atoms with Crippen molar-refractivity contribution >= 4 is 27.7 Å². The van der Waals surface area contributed by atoms with Gasteiger partial charge in [-0.25, -0.2) is 0 Å². The van der Waals surface area contributed by atoms with Crippen molar-refractivity contribution < 1.29 is 0 Å². The van der Waals surface area contributed by atoms with Crippen LogP contribution in [0.4, 0.5) is 0 Å². The van der Waals surface area contributed by atoms with E-state index in [1.165, 1.54) is 5.75 Å². The third kappa shape index (κ3) is 1.41. The molecule has 1 rings (SSSR count). The molecule has 1 unspecified atom stereocenters.